The summed E-state index contributed by atoms with van der Waals surface area (Å²) in [6.45, 7) is 8.53. The number of hydrogen-bond acceptors (Lipinski definition) is 2. The molecule has 0 aliphatic rings. The summed E-state index contributed by atoms with van der Waals surface area (Å²) in [5.41, 5.74) is 1.12. The van der Waals surface area contributed by atoms with E-state index >= 15 is 0 Å². The Balaban J connectivity index is 0.000000213. The molecule has 2 rings (SSSR count). The number of rotatable bonds is 0. The van der Waals surface area contributed by atoms with E-state index in [9.17, 15) is 0 Å². The van der Waals surface area contributed by atoms with Crippen LogP contribution in [-0.4, -0.2) is 4.98 Å². The van der Waals surface area contributed by atoms with Gasteiger partial charge in [-0.2, -0.15) is 0 Å². The van der Waals surface area contributed by atoms with Crippen LogP contribution in [0.3, 0.4) is 0 Å². The van der Waals surface area contributed by atoms with Crippen LogP contribution in [0, 0.1) is 12.8 Å². The summed E-state index contributed by atoms with van der Waals surface area (Å²) in [5.74, 6) is 0.833. The van der Waals surface area contributed by atoms with Gasteiger partial charge in [-0.15, -0.1) is 11.3 Å². The molecule has 0 bridgehead atoms. The lowest BCUT2D eigenvalue weighted by molar-refractivity contribution is 0.737. The maximum atomic E-state index is 4.33. The molecular weight excluding hydrogens is 190 g/mol. The molecule has 2 aromatic rings. The zero-order chi connectivity index (χ0) is 10.6. The Morgan fingerprint density at radius 3 is 2.29 bits per heavy atom. The van der Waals surface area contributed by atoms with Crippen LogP contribution in [-0.2, 0) is 0 Å². The van der Waals surface area contributed by atoms with Crippen LogP contribution in [0.15, 0.2) is 24.3 Å². The van der Waals surface area contributed by atoms with Crippen molar-refractivity contribution in [2.75, 3.05) is 0 Å². The smallest absolute Gasteiger partial charge is 0.0907 e. The molecule has 0 aliphatic heterocycles. The number of aryl methyl sites for hydroxylation is 1. The molecule has 0 atom stereocenters. The van der Waals surface area contributed by atoms with Gasteiger partial charge in [0.05, 0.1) is 15.2 Å². The third-order valence-corrected chi connectivity index (χ3v) is 2.35. The van der Waals surface area contributed by atoms with Gasteiger partial charge in [-0.25, -0.2) is 4.98 Å². The maximum absolute atomic E-state index is 4.33. The highest BCUT2D eigenvalue weighted by molar-refractivity contribution is 7.18. The summed E-state index contributed by atoms with van der Waals surface area (Å²) >= 11 is 1.74. The minimum absolute atomic E-state index is 0.833. The molecule has 76 valence electrons. The van der Waals surface area contributed by atoms with E-state index in [0.29, 0.717) is 0 Å². The van der Waals surface area contributed by atoms with Crippen LogP contribution in [0.1, 0.15) is 25.8 Å². The van der Waals surface area contributed by atoms with Gasteiger partial charge in [-0.05, 0) is 25.0 Å². The molecule has 1 heterocycles. The Morgan fingerprint density at radius 2 is 1.71 bits per heavy atom. The maximum Gasteiger partial charge on any atom is 0.0907 e. The molecule has 0 unspecified atom stereocenters. The van der Waals surface area contributed by atoms with Crippen LogP contribution in [0.2, 0.25) is 0 Å². The summed E-state index contributed by atoms with van der Waals surface area (Å²) in [7, 11) is 0. The van der Waals surface area contributed by atoms with Crippen molar-refractivity contribution in [1.29, 1.82) is 0 Å². The molecule has 1 aromatic carbocycles. The molecule has 1 nitrogen and oxygen atoms in total. The summed E-state index contributed by atoms with van der Waals surface area (Å²) in [6.07, 6.45) is 0. The number of nitrogens with zero attached hydrogens (tertiary/aromatic N) is 1. The van der Waals surface area contributed by atoms with Crippen molar-refractivity contribution in [3.8, 4) is 0 Å². The second-order valence-corrected chi connectivity index (χ2v) is 5.17. The predicted octanol–water partition coefficient (Wildman–Crippen LogP) is 4.27. The Kier molecular flexibility index (Phi) is 4.08. The molecule has 2 heteroatoms. The topological polar surface area (TPSA) is 12.9 Å². The summed E-state index contributed by atoms with van der Waals surface area (Å²) in [5, 5.41) is 1.14. The Hall–Kier alpha value is -0.890. The van der Waals surface area contributed by atoms with Gasteiger partial charge in [-0.1, -0.05) is 32.9 Å². The molecule has 0 N–H and O–H groups in total. The predicted molar refractivity (Wildman–Crippen MR) is 64.9 cm³/mol. The van der Waals surface area contributed by atoms with Crippen LogP contribution >= 0.6 is 11.3 Å². The van der Waals surface area contributed by atoms with Gasteiger partial charge in [0.1, 0.15) is 0 Å². The van der Waals surface area contributed by atoms with E-state index in [-0.39, 0.29) is 0 Å². The van der Waals surface area contributed by atoms with Gasteiger partial charge < -0.3 is 0 Å². The average Bonchev–Trinajstić information content (AvgIpc) is 2.42. The largest absolute Gasteiger partial charge is 0.242 e. The standard InChI is InChI=1S/C8H7NS.C4H10/c1-6-9-7-4-2-3-5-8(7)10-6;1-4(2)3/h2-5H,1H3;4H,1-3H3. The molecule has 0 aliphatic carbocycles. The Labute approximate surface area is 89.8 Å². The third kappa shape index (κ3) is 3.46. The third-order valence-electron chi connectivity index (χ3n) is 1.40. The Bertz CT molecular complexity index is 354. The van der Waals surface area contributed by atoms with Crippen molar-refractivity contribution in [2.45, 2.75) is 27.7 Å². The average molecular weight is 207 g/mol. The van der Waals surface area contributed by atoms with Gasteiger partial charge in [0.25, 0.3) is 0 Å². The fourth-order valence-electron chi connectivity index (χ4n) is 0.987. The number of benzene rings is 1. The van der Waals surface area contributed by atoms with E-state index in [0.717, 1.165) is 16.4 Å². The summed E-state index contributed by atoms with van der Waals surface area (Å²) in [6, 6.07) is 8.19. The van der Waals surface area contributed by atoms with Crippen molar-refractivity contribution >= 4 is 21.6 Å². The molecule has 0 saturated carbocycles. The molecule has 0 saturated heterocycles. The number of aromatic nitrogens is 1. The van der Waals surface area contributed by atoms with Crippen LogP contribution in [0.25, 0.3) is 10.2 Å². The normalized spacial score (nSPS) is 10.1. The second kappa shape index (κ2) is 5.11. The lowest BCUT2D eigenvalue weighted by Crippen LogP contribution is -1.66. The highest BCUT2D eigenvalue weighted by Gasteiger charge is 1.95. The van der Waals surface area contributed by atoms with E-state index in [4.69, 9.17) is 0 Å². The van der Waals surface area contributed by atoms with E-state index in [1.165, 1.54) is 4.70 Å². The molecule has 0 radical (unpaired) electrons. The van der Waals surface area contributed by atoms with Gasteiger partial charge in [0.15, 0.2) is 0 Å². The lowest BCUT2D eigenvalue weighted by Gasteiger charge is -1.80. The SMILES string of the molecule is CC(C)C.Cc1nc2ccccc2s1. The fourth-order valence-corrected chi connectivity index (χ4v) is 1.81. The van der Waals surface area contributed by atoms with Gasteiger partial charge in [0.2, 0.25) is 0 Å². The minimum Gasteiger partial charge on any atom is -0.242 e. The molecule has 0 fully saturated rings. The zero-order valence-electron chi connectivity index (χ0n) is 9.24. The van der Waals surface area contributed by atoms with Crippen molar-refractivity contribution in [2.24, 2.45) is 5.92 Å². The quantitative estimate of drug-likeness (QED) is 0.628. The van der Waals surface area contributed by atoms with Gasteiger partial charge in [-0.3, -0.25) is 0 Å². The summed E-state index contributed by atoms with van der Waals surface area (Å²) in [4.78, 5) is 4.33. The van der Waals surface area contributed by atoms with E-state index in [1.54, 1.807) is 11.3 Å². The van der Waals surface area contributed by atoms with Crippen molar-refractivity contribution in [1.82, 2.24) is 4.98 Å². The fraction of sp³-hybridized carbons (Fsp3) is 0.417. The highest BCUT2D eigenvalue weighted by Crippen LogP contribution is 2.19. The Morgan fingerprint density at radius 1 is 1.14 bits per heavy atom. The molecule has 1 aromatic heterocycles. The molecule has 0 spiro atoms. The van der Waals surface area contributed by atoms with Crippen molar-refractivity contribution in [3.05, 3.63) is 29.3 Å². The number of fused-ring (bicyclic) bond motifs is 1. The minimum atomic E-state index is 0.833. The first-order valence-electron chi connectivity index (χ1n) is 4.91. The molecular formula is C12H17NS. The molecule has 14 heavy (non-hydrogen) atoms. The van der Waals surface area contributed by atoms with Gasteiger partial charge in [0, 0.05) is 0 Å². The first-order valence-corrected chi connectivity index (χ1v) is 5.73. The van der Waals surface area contributed by atoms with E-state index in [2.05, 4.69) is 31.8 Å². The van der Waals surface area contributed by atoms with Crippen molar-refractivity contribution in [3.63, 3.8) is 0 Å². The number of para-hydroxylation sites is 1. The molecule has 0 amide bonds. The van der Waals surface area contributed by atoms with Crippen molar-refractivity contribution < 1.29 is 0 Å². The number of thiazole rings is 1. The first kappa shape index (κ1) is 11.2. The monoisotopic (exact) mass is 207 g/mol. The number of hydrogen-bond donors (Lipinski definition) is 0. The highest BCUT2D eigenvalue weighted by atomic mass is 32.1. The zero-order valence-corrected chi connectivity index (χ0v) is 10.1. The van der Waals surface area contributed by atoms with Crippen LogP contribution in [0.5, 0.6) is 0 Å². The van der Waals surface area contributed by atoms with E-state index in [1.807, 2.05) is 25.1 Å². The van der Waals surface area contributed by atoms with Crippen LogP contribution in [0.4, 0.5) is 0 Å². The van der Waals surface area contributed by atoms with Gasteiger partial charge >= 0.3 is 0 Å². The first-order chi connectivity index (χ1) is 6.59. The lowest BCUT2D eigenvalue weighted by atomic mass is 10.3. The van der Waals surface area contributed by atoms with E-state index < -0.39 is 0 Å². The summed E-state index contributed by atoms with van der Waals surface area (Å²) < 4.78 is 1.28. The van der Waals surface area contributed by atoms with Crippen LogP contribution < -0.4 is 0 Å². The second-order valence-electron chi connectivity index (χ2n) is 3.93.